The van der Waals surface area contributed by atoms with Crippen LogP contribution in [0.1, 0.15) is 33.6 Å². The van der Waals surface area contributed by atoms with E-state index in [4.69, 9.17) is 0 Å². The van der Waals surface area contributed by atoms with Gasteiger partial charge in [0.25, 0.3) is 0 Å². The lowest BCUT2D eigenvalue weighted by Gasteiger charge is -2.19. The molecule has 1 aliphatic carbocycles. The minimum atomic E-state index is -2.83. The molecule has 1 rings (SSSR count). The summed E-state index contributed by atoms with van der Waals surface area (Å²) in [5.41, 5.74) is 0. The van der Waals surface area contributed by atoms with E-state index in [1.165, 1.54) is 12.8 Å². The third kappa shape index (κ3) is 3.96. The maximum absolute atomic E-state index is 11.3. The van der Waals surface area contributed by atoms with E-state index in [2.05, 4.69) is 12.2 Å². The molecule has 2 atom stereocenters. The lowest BCUT2D eigenvalue weighted by atomic mass is 10.2. The SMILES string of the molecule is CCS(=O)(=O)CC(C)NC(C)C1CC1. The van der Waals surface area contributed by atoms with Gasteiger partial charge in [-0.1, -0.05) is 6.92 Å². The molecule has 4 heteroatoms. The zero-order chi connectivity index (χ0) is 10.8. The summed E-state index contributed by atoms with van der Waals surface area (Å²) in [4.78, 5) is 0. The molecule has 0 amide bonds. The van der Waals surface area contributed by atoms with Crippen LogP contribution in [-0.2, 0) is 9.84 Å². The first-order chi connectivity index (χ1) is 6.44. The Balaban J connectivity index is 2.30. The molecule has 0 aromatic heterocycles. The Morgan fingerprint density at radius 3 is 2.36 bits per heavy atom. The van der Waals surface area contributed by atoms with Crippen LogP contribution in [0.4, 0.5) is 0 Å². The summed E-state index contributed by atoms with van der Waals surface area (Å²) in [6.45, 7) is 5.80. The van der Waals surface area contributed by atoms with Crippen LogP contribution in [0.15, 0.2) is 0 Å². The predicted molar refractivity (Wildman–Crippen MR) is 59.1 cm³/mol. The van der Waals surface area contributed by atoms with Gasteiger partial charge in [0.05, 0.1) is 5.75 Å². The van der Waals surface area contributed by atoms with Gasteiger partial charge in [0.1, 0.15) is 0 Å². The van der Waals surface area contributed by atoms with E-state index in [1.807, 2.05) is 6.92 Å². The zero-order valence-corrected chi connectivity index (χ0v) is 10.1. The van der Waals surface area contributed by atoms with Crippen molar-refractivity contribution in [1.29, 1.82) is 0 Å². The number of nitrogens with one attached hydrogen (secondary N) is 1. The van der Waals surface area contributed by atoms with Crippen LogP contribution in [0.25, 0.3) is 0 Å². The van der Waals surface area contributed by atoms with Crippen LogP contribution in [-0.4, -0.2) is 32.0 Å². The molecule has 0 heterocycles. The number of sulfone groups is 1. The molecule has 2 unspecified atom stereocenters. The monoisotopic (exact) mass is 219 g/mol. The Morgan fingerprint density at radius 1 is 1.36 bits per heavy atom. The molecule has 84 valence electrons. The van der Waals surface area contributed by atoms with Crippen molar-refractivity contribution in [3.63, 3.8) is 0 Å². The summed E-state index contributed by atoms with van der Waals surface area (Å²) in [6.07, 6.45) is 2.59. The third-order valence-electron chi connectivity index (χ3n) is 2.82. The molecule has 0 bridgehead atoms. The van der Waals surface area contributed by atoms with Gasteiger partial charge in [-0.3, -0.25) is 0 Å². The molecule has 1 aliphatic rings. The van der Waals surface area contributed by atoms with Crippen molar-refractivity contribution in [3.8, 4) is 0 Å². The maximum Gasteiger partial charge on any atom is 0.151 e. The van der Waals surface area contributed by atoms with Gasteiger partial charge in [-0.15, -0.1) is 0 Å². The highest BCUT2D eigenvalue weighted by molar-refractivity contribution is 7.91. The first kappa shape index (κ1) is 12.0. The molecule has 1 N–H and O–H groups in total. The van der Waals surface area contributed by atoms with Crippen molar-refractivity contribution in [2.75, 3.05) is 11.5 Å². The van der Waals surface area contributed by atoms with Crippen molar-refractivity contribution < 1.29 is 8.42 Å². The summed E-state index contributed by atoms with van der Waals surface area (Å²) < 4.78 is 22.7. The highest BCUT2D eigenvalue weighted by Crippen LogP contribution is 2.32. The molecule has 0 radical (unpaired) electrons. The average molecular weight is 219 g/mol. The molecule has 1 saturated carbocycles. The summed E-state index contributed by atoms with van der Waals surface area (Å²) in [5.74, 6) is 1.29. The molecule has 14 heavy (non-hydrogen) atoms. The van der Waals surface area contributed by atoms with Crippen molar-refractivity contribution in [2.24, 2.45) is 5.92 Å². The van der Waals surface area contributed by atoms with Crippen LogP contribution < -0.4 is 5.32 Å². The van der Waals surface area contributed by atoms with E-state index in [0.29, 0.717) is 6.04 Å². The van der Waals surface area contributed by atoms with E-state index in [-0.39, 0.29) is 17.5 Å². The van der Waals surface area contributed by atoms with Crippen LogP contribution in [0, 0.1) is 5.92 Å². The van der Waals surface area contributed by atoms with Gasteiger partial charge in [-0.2, -0.15) is 0 Å². The molecule has 1 fully saturated rings. The average Bonchev–Trinajstić information content (AvgIpc) is 2.84. The van der Waals surface area contributed by atoms with E-state index >= 15 is 0 Å². The second-order valence-electron chi connectivity index (χ2n) is 4.39. The molecular formula is C10H21NO2S. The standard InChI is InChI=1S/C10H21NO2S/c1-4-14(12,13)7-8(2)11-9(3)10-5-6-10/h8-11H,4-7H2,1-3H3. The fourth-order valence-electron chi connectivity index (χ4n) is 1.73. The van der Waals surface area contributed by atoms with Gasteiger partial charge in [-0.25, -0.2) is 8.42 Å². The minimum Gasteiger partial charge on any atom is -0.310 e. The summed E-state index contributed by atoms with van der Waals surface area (Å²) in [7, 11) is -2.83. The van der Waals surface area contributed by atoms with Crippen LogP contribution in [0.2, 0.25) is 0 Å². The molecule has 0 saturated heterocycles. The second kappa shape index (κ2) is 4.62. The summed E-state index contributed by atoms with van der Waals surface area (Å²) >= 11 is 0. The van der Waals surface area contributed by atoms with Crippen molar-refractivity contribution in [1.82, 2.24) is 5.32 Å². The fraction of sp³-hybridized carbons (Fsp3) is 1.00. The van der Waals surface area contributed by atoms with Gasteiger partial charge in [0.2, 0.25) is 0 Å². The molecule has 0 spiro atoms. The normalized spacial score (nSPS) is 21.9. The topological polar surface area (TPSA) is 46.2 Å². The quantitative estimate of drug-likeness (QED) is 0.730. The van der Waals surface area contributed by atoms with Crippen LogP contribution in [0.5, 0.6) is 0 Å². The molecular weight excluding hydrogens is 198 g/mol. The number of rotatable bonds is 6. The van der Waals surface area contributed by atoms with E-state index < -0.39 is 9.84 Å². The van der Waals surface area contributed by atoms with Gasteiger partial charge < -0.3 is 5.32 Å². The van der Waals surface area contributed by atoms with E-state index in [9.17, 15) is 8.42 Å². The first-order valence-corrected chi connectivity index (χ1v) is 7.23. The Labute approximate surface area is 87.2 Å². The second-order valence-corrected chi connectivity index (χ2v) is 6.79. The molecule has 3 nitrogen and oxygen atoms in total. The summed E-state index contributed by atoms with van der Waals surface area (Å²) in [6, 6.07) is 0.549. The van der Waals surface area contributed by atoms with Crippen LogP contribution >= 0.6 is 0 Å². The van der Waals surface area contributed by atoms with E-state index in [1.54, 1.807) is 6.92 Å². The minimum absolute atomic E-state index is 0.0792. The van der Waals surface area contributed by atoms with Crippen molar-refractivity contribution >= 4 is 9.84 Å². The maximum atomic E-state index is 11.3. The van der Waals surface area contributed by atoms with Gasteiger partial charge in [0.15, 0.2) is 9.84 Å². The Bertz CT molecular complexity index is 270. The Kier molecular flexibility index (Phi) is 3.95. The molecule has 0 aromatic rings. The lowest BCUT2D eigenvalue weighted by Crippen LogP contribution is -2.40. The van der Waals surface area contributed by atoms with Gasteiger partial charge >= 0.3 is 0 Å². The number of hydrogen-bond donors (Lipinski definition) is 1. The highest BCUT2D eigenvalue weighted by atomic mass is 32.2. The number of hydrogen-bond acceptors (Lipinski definition) is 3. The van der Waals surface area contributed by atoms with Gasteiger partial charge in [0, 0.05) is 17.8 Å². The summed E-state index contributed by atoms with van der Waals surface area (Å²) in [5, 5.41) is 3.35. The Morgan fingerprint density at radius 2 is 1.93 bits per heavy atom. The Hall–Kier alpha value is -0.0900. The van der Waals surface area contributed by atoms with Crippen molar-refractivity contribution in [3.05, 3.63) is 0 Å². The van der Waals surface area contributed by atoms with Crippen LogP contribution in [0.3, 0.4) is 0 Å². The largest absolute Gasteiger partial charge is 0.310 e. The lowest BCUT2D eigenvalue weighted by molar-refractivity contribution is 0.449. The molecule has 0 aromatic carbocycles. The molecule has 0 aliphatic heterocycles. The first-order valence-electron chi connectivity index (χ1n) is 5.41. The predicted octanol–water partition coefficient (Wildman–Crippen LogP) is 1.20. The third-order valence-corrected chi connectivity index (χ3v) is 4.71. The van der Waals surface area contributed by atoms with Crippen molar-refractivity contribution in [2.45, 2.75) is 45.7 Å². The highest BCUT2D eigenvalue weighted by Gasteiger charge is 2.29. The smallest absolute Gasteiger partial charge is 0.151 e. The zero-order valence-electron chi connectivity index (χ0n) is 9.29. The fourth-order valence-corrected chi connectivity index (χ4v) is 2.82. The van der Waals surface area contributed by atoms with E-state index in [0.717, 1.165) is 5.92 Å². The van der Waals surface area contributed by atoms with Gasteiger partial charge in [-0.05, 0) is 32.6 Å².